The molecule has 0 aliphatic rings. The summed E-state index contributed by atoms with van der Waals surface area (Å²) in [7, 11) is 1.82. The first-order valence-electron chi connectivity index (χ1n) is 8.42. The number of amides is 1. The van der Waals surface area contributed by atoms with Crippen molar-refractivity contribution in [2.75, 3.05) is 13.7 Å². The van der Waals surface area contributed by atoms with Gasteiger partial charge in [0.2, 0.25) is 0 Å². The highest BCUT2D eigenvalue weighted by molar-refractivity contribution is 6.06. The quantitative estimate of drug-likeness (QED) is 0.702. The number of benzene rings is 2. The van der Waals surface area contributed by atoms with Crippen LogP contribution in [-0.2, 0) is 6.54 Å². The highest BCUT2D eigenvalue weighted by Gasteiger charge is 2.16. The van der Waals surface area contributed by atoms with E-state index in [4.69, 9.17) is 4.74 Å². The number of carbonyl (C=O) groups excluding carboxylic acids is 1. The summed E-state index contributed by atoms with van der Waals surface area (Å²) >= 11 is 0. The topological polar surface area (TPSA) is 42.4 Å². The number of nitrogens with zero attached hydrogens (tertiary/aromatic N) is 2. The van der Waals surface area contributed by atoms with Gasteiger partial charge in [0.25, 0.3) is 5.91 Å². The maximum Gasteiger partial charge on any atom is 0.254 e. The summed E-state index contributed by atoms with van der Waals surface area (Å²) in [6, 6.07) is 17.5. The van der Waals surface area contributed by atoms with Gasteiger partial charge in [-0.1, -0.05) is 30.3 Å². The van der Waals surface area contributed by atoms with Crippen molar-refractivity contribution in [1.29, 1.82) is 0 Å². The lowest BCUT2D eigenvalue weighted by atomic mass is 10.1. The summed E-state index contributed by atoms with van der Waals surface area (Å²) in [6.07, 6.45) is 0. The largest absolute Gasteiger partial charge is 0.494 e. The number of aryl methyl sites for hydroxylation is 1. The number of carbonyl (C=O) groups is 1. The lowest BCUT2D eigenvalue weighted by Gasteiger charge is -2.19. The Morgan fingerprint density at radius 3 is 2.56 bits per heavy atom. The summed E-state index contributed by atoms with van der Waals surface area (Å²) in [6.45, 7) is 5.06. The number of aromatic nitrogens is 1. The van der Waals surface area contributed by atoms with Gasteiger partial charge in [0.15, 0.2) is 0 Å². The van der Waals surface area contributed by atoms with Crippen molar-refractivity contribution in [2.45, 2.75) is 20.4 Å². The Balaban J connectivity index is 1.83. The van der Waals surface area contributed by atoms with Gasteiger partial charge in [0.05, 0.1) is 17.7 Å². The van der Waals surface area contributed by atoms with Crippen molar-refractivity contribution in [3.63, 3.8) is 0 Å². The zero-order chi connectivity index (χ0) is 17.8. The minimum atomic E-state index is -0.00409. The highest BCUT2D eigenvalue weighted by atomic mass is 16.5. The van der Waals surface area contributed by atoms with Gasteiger partial charge in [-0.25, -0.2) is 0 Å². The van der Waals surface area contributed by atoms with Gasteiger partial charge < -0.3 is 9.64 Å². The van der Waals surface area contributed by atoms with E-state index in [2.05, 4.69) is 4.98 Å². The number of hydrogen-bond acceptors (Lipinski definition) is 3. The lowest BCUT2D eigenvalue weighted by molar-refractivity contribution is 0.0787. The molecule has 0 fully saturated rings. The molecule has 2 aromatic carbocycles. The number of fused-ring (bicyclic) bond motifs is 1. The SMILES string of the molecule is CCOc1ccc(CN(C)C(=O)c2cc(C)nc3ccccc23)cc1. The fourth-order valence-electron chi connectivity index (χ4n) is 2.89. The van der Waals surface area contributed by atoms with Crippen molar-refractivity contribution in [3.8, 4) is 5.75 Å². The average molecular weight is 334 g/mol. The molecule has 0 aliphatic heterocycles. The van der Waals surface area contributed by atoms with Crippen LogP contribution in [-0.4, -0.2) is 29.4 Å². The predicted molar refractivity (Wildman–Crippen MR) is 99.9 cm³/mol. The fourth-order valence-corrected chi connectivity index (χ4v) is 2.89. The van der Waals surface area contributed by atoms with E-state index in [1.54, 1.807) is 4.90 Å². The van der Waals surface area contributed by atoms with Crippen LogP contribution in [0.5, 0.6) is 5.75 Å². The minimum Gasteiger partial charge on any atom is -0.494 e. The molecule has 3 rings (SSSR count). The smallest absolute Gasteiger partial charge is 0.254 e. The fraction of sp³-hybridized carbons (Fsp3) is 0.238. The standard InChI is InChI=1S/C21H22N2O2/c1-4-25-17-11-9-16(10-12-17)14-23(3)21(24)19-13-15(2)22-20-8-6-5-7-18(19)20/h5-13H,4,14H2,1-3H3. The number of pyridine rings is 1. The van der Waals surface area contributed by atoms with Crippen LogP contribution in [0.4, 0.5) is 0 Å². The number of para-hydroxylation sites is 1. The van der Waals surface area contributed by atoms with E-state index >= 15 is 0 Å². The zero-order valence-electron chi connectivity index (χ0n) is 14.8. The minimum absolute atomic E-state index is 0.00409. The van der Waals surface area contributed by atoms with Crippen molar-refractivity contribution in [3.05, 3.63) is 71.4 Å². The van der Waals surface area contributed by atoms with Gasteiger partial charge in [-0.2, -0.15) is 0 Å². The molecule has 3 aromatic rings. The molecule has 128 valence electrons. The normalized spacial score (nSPS) is 10.7. The maximum atomic E-state index is 13.0. The van der Waals surface area contributed by atoms with Gasteiger partial charge in [0, 0.05) is 24.7 Å². The summed E-state index contributed by atoms with van der Waals surface area (Å²) < 4.78 is 5.46. The molecule has 1 aromatic heterocycles. The molecule has 1 amide bonds. The van der Waals surface area contributed by atoms with E-state index in [0.717, 1.165) is 27.9 Å². The van der Waals surface area contributed by atoms with Crippen LogP contribution in [0.25, 0.3) is 10.9 Å². The van der Waals surface area contributed by atoms with Crippen LogP contribution in [0.3, 0.4) is 0 Å². The highest BCUT2D eigenvalue weighted by Crippen LogP contribution is 2.21. The maximum absolute atomic E-state index is 13.0. The van der Waals surface area contributed by atoms with Crippen LogP contribution in [0.15, 0.2) is 54.6 Å². The van der Waals surface area contributed by atoms with Gasteiger partial charge in [-0.05, 0) is 43.7 Å². The van der Waals surface area contributed by atoms with Crippen LogP contribution in [0.1, 0.15) is 28.5 Å². The monoisotopic (exact) mass is 334 g/mol. The van der Waals surface area contributed by atoms with Gasteiger partial charge in [0.1, 0.15) is 5.75 Å². The Morgan fingerprint density at radius 2 is 1.84 bits per heavy atom. The Morgan fingerprint density at radius 1 is 1.12 bits per heavy atom. The molecular weight excluding hydrogens is 312 g/mol. The van der Waals surface area contributed by atoms with Gasteiger partial charge in [-0.15, -0.1) is 0 Å². The third-order valence-corrected chi connectivity index (χ3v) is 4.08. The van der Waals surface area contributed by atoms with E-state index in [1.165, 1.54) is 0 Å². The Labute approximate surface area is 148 Å². The van der Waals surface area contributed by atoms with Gasteiger partial charge >= 0.3 is 0 Å². The van der Waals surface area contributed by atoms with Crippen LogP contribution in [0, 0.1) is 6.92 Å². The average Bonchev–Trinajstić information content (AvgIpc) is 2.62. The molecule has 1 heterocycles. The molecule has 0 aliphatic carbocycles. The summed E-state index contributed by atoms with van der Waals surface area (Å²) in [5.74, 6) is 0.839. The number of rotatable bonds is 5. The summed E-state index contributed by atoms with van der Waals surface area (Å²) in [5.41, 5.74) is 3.45. The van der Waals surface area contributed by atoms with E-state index in [0.29, 0.717) is 18.7 Å². The van der Waals surface area contributed by atoms with Crippen LogP contribution >= 0.6 is 0 Å². The van der Waals surface area contributed by atoms with E-state index in [9.17, 15) is 4.79 Å². The molecule has 0 N–H and O–H groups in total. The number of ether oxygens (including phenoxy) is 1. The molecule has 0 saturated carbocycles. The second-order valence-corrected chi connectivity index (χ2v) is 6.07. The molecular formula is C21H22N2O2. The predicted octanol–water partition coefficient (Wildman–Crippen LogP) is 4.21. The van der Waals surface area contributed by atoms with E-state index < -0.39 is 0 Å². The van der Waals surface area contributed by atoms with Gasteiger partial charge in [-0.3, -0.25) is 9.78 Å². The summed E-state index contributed by atoms with van der Waals surface area (Å²) in [5, 5.41) is 0.886. The first kappa shape index (κ1) is 17.0. The molecule has 0 bridgehead atoms. The van der Waals surface area contributed by atoms with E-state index in [1.807, 2.05) is 75.5 Å². The second kappa shape index (κ2) is 7.34. The third kappa shape index (κ3) is 3.79. The van der Waals surface area contributed by atoms with Crippen LogP contribution < -0.4 is 4.74 Å². The number of hydrogen-bond donors (Lipinski definition) is 0. The third-order valence-electron chi connectivity index (χ3n) is 4.08. The van der Waals surface area contributed by atoms with Crippen LogP contribution in [0.2, 0.25) is 0 Å². The first-order chi connectivity index (χ1) is 12.1. The zero-order valence-corrected chi connectivity index (χ0v) is 14.8. The summed E-state index contributed by atoms with van der Waals surface area (Å²) in [4.78, 5) is 19.2. The molecule has 0 saturated heterocycles. The lowest BCUT2D eigenvalue weighted by Crippen LogP contribution is -2.26. The van der Waals surface area contributed by atoms with Crippen molar-refractivity contribution in [2.24, 2.45) is 0 Å². The van der Waals surface area contributed by atoms with Crippen molar-refractivity contribution in [1.82, 2.24) is 9.88 Å². The molecule has 0 atom stereocenters. The Kier molecular flexibility index (Phi) is 4.98. The molecule has 0 unspecified atom stereocenters. The molecule has 0 spiro atoms. The molecule has 25 heavy (non-hydrogen) atoms. The molecule has 4 heteroatoms. The Bertz CT molecular complexity index is 888. The molecule has 4 nitrogen and oxygen atoms in total. The van der Waals surface area contributed by atoms with Crippen molar-refractivity contribution >= 4 is 16.8 Å². The van der Waals surface area contributed by atoms with Crippen molar-refractivity contribution < 1.29 is 9.53 Å². The Hall–Kier alpha value is -2.88. The second-order valence-electron chi connectivity index (χ2n) is 6.07. The molecule has 0 radical (unpaired) electrons. The van der Waals surface area contributed by atoms with E-state index in [-0.39, 0.29) is 5.91 Å². The first-order valence-corrected chi connectivity index (χ1v) is 8.42.